The van der Waals surface area contributed by atoms with Gasteiger partial charge in [0.05, 0.1) is 7.11 Å². The van der Waals surface area contributed by atoms with Crippen LogP contribution in [0.1, 0.15) is 0 Å². The summed E-state index contributed by atoms with van der Waals surface area (Å²) in [6.45, 7) is 0. The molecule has 0 atom stereocenters. The van der Waals surface area contributed by atoms with E-state index in [1.165, 1.54) is 7.11 Å². The highest BCUT2D eigenvalue weighted by Gasteiger charge is 2.15. The number of rotatable bonds is 3. The molecule has 0 N–H and O–H groups in total. The maximum Gasteiger partial charge on any atom is 0.198 e. The van der Waals surface area contributed by atoms with Crippen molar-refractivity contribution in [2.75, 3.05) is 7.11 Å². The van der Waals surface area contributed by atoms with Gasteiger partial charge in [-0.3, -0.25) is 0 Å². The summed E-state index contributed by atoms with van der Waals surface area (Å²) in [7, 11) is 1.25. The smallest absolute Gasteiger partial charge is 0.198 e. The Morgan fingerprint density at radius 3 is 1.74 bits per heavy atom. The zero-order chi connectivity index (χ0) is 14.0. The lowest BCUT2D eigenvalue weighted by atomic mass is 10.3. The van der Waals surface area contributed by atoms with Gasteiger partial charge in [0, 0.05) is 30.3 Å². The molecule has 0 aromatic heterocycles. The molecule has 2 nitrogen and oxygen atoms in total. The normalized spacial score (nSPS) is 10.4. The van der Waals surface area contributed by atoms with Gasteiger partial charge in [0.2, 0.25) is 0 Å². The van der Waals surface area contributed by atoms with Gasteiger partial charge in [-0.25, -0.2) is 17.6 Å². The molecular weight excluding hydrogens is 264 g/mol. The summed E-state index contributed by atoms with van der Waals surface area (Å²) >= 11 is 0. The Balaban J connectivity index is 2.38. The maximum absolute atomic E-state index is 13.6. The number of ether oxygens (including phenoxy) is 2. The van der Waals surface area contributed by atoms with Crippen molar-refractivity contribution in [3.8, 4) is 17.2 Å². The molecule has 2 aromatic rings. The minimum atomic E-state index is -1.04. The molecular formula is C13H8F4O2. The second-order valence-corrected chi connectivity index (χ2v) is 3.63. The number of hydrogen-bond acceptors (Lipinski definition) is 2. The molecule has 0 saturated heterocycles. The summed E-state index contributed by atoms with van der Waals surface area (Å²) in [5.41, 5.74) is 0. The molecule has 0 spiro atoms. The molecule has 19 heavy (non-hydrogen) atoms. The summed E-state index contributed by atoms with van der Waals surface area (Å²) < 4.78 is 62.4. The first-order valence-electron chi connectivity index (χ1n) is 5.16. The van der Waals surface area contributed by atoms with E-state index in [1.54, 1.807) is 0 Å². The van der Waals surface area contributed by atoms with Crippen molar-refractivity contribution >= 4 is 0 Å². The van der Waals surface area contributed by atoms with Crippen molar-refractivity contribution in [3.63, 3.8) is 0 Å². The predicted octanol–water partition coefficient (Wildman–Crippen LogP) is 4.04. The van der Waals surface area contributed by atoms with Crippen molar-refractivity contribution in [2.24, 2.45) is 0 Å². The lowest BCUT2D eigenvalue weighted by Gasteiger charge is -2.09. The Hall–Kier alpha value is -2.24. The maximum atomic E-state index is 13.6. The molecule has 0 aliphatic rings. The quantitative estimate of drug-likeness (QED) is 0.785. The van der Waals surface area contributed by atoms with Crippen molar-refractivity contribution in [1.29, 1.82) is 0 Å². The minimum Gasteiger partial charge on any atom is -0.497 e. The summed E-state index contributed by atoms with van der Waals surface area (Å²) in [5.74, 6) is -5.05. The van der Waals surface area contributed by atoms with E-state index in [0.29, 0.717) is 6.07 Å². The standard InChI is InChI=1S/C13H8F4O2/c1-18-9-5-11(16)13(12(17)6-9)19-10-3-7(14)2-8(15)4-10/h2-6H,1H3. The summed E-state index contributed by atoms with van der Waals surface area (Å²) in [4.78, 5) is 0. The average molecular weight is 272 g/mol. The van der Waals surface area contributed by atoms with Crippen LogP contribution in [-0.4, -0.2) is 7.11 Å². The van der Waals surface area contributed by atoms with E-state index in [9.17, 15) is 17.6 Å². The van der Waals surface area contributed by atoms with Gasteiger partial charge < -0.3 is 9.47 Å². The Kier molecular flexibility index (Phi) is 3.59. The summed E-state index contributed by atoms with van der Waals surface area (Å²) in [5, 5.41) is 0. The number of benzene rings is 2. The lowest BCUT2D eigenvalue weighted by molar-refractivity contribution is 0.380. The van der Waals surface area contributed by atoms with E-state index in [0.717, 1.165) is 24.3 Å². The zero-order valence-electron chi connectivity index (χ0n) is 9.72. The molecule has 6 heteroatoms. The first kappa shape index (κ1) is 13.2. The third-order valence-electron chi connectivity index (χ3n) is 2.26. The lowest BCUT2D eigenvalue weighted by Crippen LogP contribution is -1.95. The Morgan fingerprint density at radius 2 is 1.26 bits per heavy atom. The molecule has 0 saturated carbocycles. The van der Waals surface area contributed by atoms with E-state index in [-0.39, 0.29) is 11.5 Å². The zero-order valence-corrected chi connectivity index (χ0v) is 9.72. The van der Waals surface area contributed by atoms with Crippen molar-refractivity contribution < 1.29 is 27.0 Å². The Labute approximate surface area is 106 Å². The Morgan fingerprint density at radius 1 is 0.737 bits per heavy atom. The van der Waals surface area contributed by atoms with Crippen LogP contribution in [0.2, 0.25) is 0 Å². The minimum absolute atomic E-state index is 0.0345. The van der Waals surface area contributed by atoms with E-state index in [2.05, 4.69) is 4.74 Å². The van der Waals surface area contributed by atoms with Gasteiger partial charge in [0.25, 0.3) is 0 Å². The SMILES string of the molecule is COc1cc(F)c(Oc2cc(F)cc(F)c2)c(F)c1. The highest BCUT2D eigenvalue weighted by atomic mass is 19.1. The third kappa shape index (κ3) is 2.96. The monoisotopic (exact) mass is 272 g/mol. The van der Waals surface area contributed by atoms with Crippen LogP contribution >= 0.6 is 0 Å². The molecule has 0 amide bonds. The first-order valence-corrected chi connectivity index (χ1v) is 5.16. The molecule has 0 heterocycles. The van der Waals surface area contributed by atoms with E-state index in [1.807, 2.05) is 0 Å². The van der Waals surface area contributed by atoms with Crippen LogP contribution in [0, 0.1) is 23.3 Å². The number of halogens is 4. The van der Waals surface area contributed by atoms with Gasteiger partial charge in [-0.15, -0.1) is 0 Å². The van der Waals surface area contributed by atoms with E-state index in [4.69, 9.17) is 4.74 Å². The number of hydrogen-bond donors (Lipinski definition) is 0. The van der Waals surface area contributed by atoms with E-state index >= 15 is 0 Å². The average Bonchev–Trinajstić information content (AvgIpc) is 2.32. The van der Waals surface area contributed by atoms with Crippen LogP contribution < -0.4 is 9.47 Å². The predicted molar refractivity (Wildman–Crippen MR) is 59.3 cm³/mol. The van der Waals surface area contributed by atoms with Crippen molar-refractivity contribution in [2.45, 2.75) is 0 Å². The highest BCUT2D eigenvalue weighted by molar-refractivity contribution is 5.38. The summed E-state index contributed by atoms with van der Waals surface area (Å²) in [6, 6.07) is 4.04. The van der Waals surface area contributed by atoms with Crippen LogP contribution in [-0.2, 0) is 0 Å². The fraction of sp³-hybridized carbons (Fsp3) is 0.0769. The largest absolute Gasteiger partial charge is 0.497 e. The van der Waals surface area contributed by atoms with Crippen LogP contribution in [0.15, 0.2) is 30.3 Å². The van der Waals surface area contributed by atoms with E-state index < -0.39 is 29.0 Å². The topological polar surface area (TPSA) is 18.5 Å². The van der Waals surface area contributed by atoms with Gasteiger partial charge in [-0.2, -0.15) is 0 Å². The first-order chi connectivity index (χ1) is 8.99. The molecule has 0 aliphatic carbocycles. The molecule has 0 aliphatic heterocycles. The van der Waals surface area contributed by atoms with Gasteiger partial charge in [0.15, 0.2) is 17.4 Å². The van der Waals surface area contributed by atoms with Crippen molar-refractivity contribution in [1.82, 2.24) is 0 Å². The fourth-order valence-corrected chi connectivity index (χ4v) is 1.46. The second-order valence-electron chi connectivity index (χ2n) is 3.63. The second kappa shape index (κ2) is 5.17. The van der Waals surface area contributed by atoms with Crippen molar-refractivity contribution in [3.05, 3.63) is 53.6 Å². The molecule has 0 fully saturated rings. The van der Waals surface area contributed by atoms with Crippen LogP contribution in [0.3, 0.4) is 0 Å². The molecule has 2 aromatic carbocycles. The van der Waals surface area contributed by atoms with Gasteiger partial charge >= 0.3 is 0 Å². The third-order valence-corrected chi connectivity index (χ3v) is 2.26. The highest BCUT2D eigenvalue weighted by Crippen LogP contribution is 2.31. The van der Waals surface area contributed by atoms with Crippen LogP contribution in [0.5, 0.6) is 17.2 Å². The molecule has 0 radical (unpaired) electrons. The van der Waals surface area contributed by atoms with Gasteiger partial charge in [-0.1, -0.05) is 0 Å². The van der Waals surface area contributed by atoms with Crippen LogP contribution in [0.4, 0.5) is 17.6 Å². The Bertz CT molecular complexity index is 570. The molecule has 2 rings (SSSR count). The fourth-order valence-electron chi connectivity index (χ4n) is 1.46. The van der Waals surface area contributed by atoms with Crippen LogP contribution in [0.25, 0.3) is 0 Å². The number of methoxy groups -OCH3 is 1. The van der Waals surface area contributed by atoms with Gasteiger partial charge in [-0.05, 0) is 0 Å². The molecule has 100 valence electrons. The molecule has 0 unspecified atom stereocenters. The molecule has 0 bridgehead atoms. The van der Waals surface area contributed by atoms with Gasteiger partial charge in [0.1, 0.15) is 23.1 Å². The summed E-state index contributed by atoms with van der Waals surface area (Å²) in [6.07, 6.45) is 0.